The van der Waals surface area contributed by atoms with Crippen molar-refractivity contribution in [3.8, 4) is 11.3 Å². The van der Waals surface area contributed by atoms with Gasteiger partial charge in [-0.25, -0.2) is 17.9 Å². The van der Waals surface area contributed by atoms with Gasteiger partial charge in [0.25, 0.3) is 0 Å². The molecular weight excluding hydrogens is 543 g/mol. The van der Waals surface area contributed by atoms with Crippen LogP contribution < -0.4 is 0 Å². The van der Waals surface area contributed by atoms with E-state index in [4.69, 9.17) is 36.8 Å². The SMILES string of the molecule is [2H]C([2H])([2H])OC1[C@H]([C@H](OCc2ccc(Cl)cc2)C(=O)C([2H])([2H])C([2H])([2H])[2H])OC(CO)[C@H](O)[C@@H]1n1cc(-c2cc(F)c(F)c(F)c2)nn1. The Labute approximate surface area is 238 Å². The topological polar surface area (TPSA) is 116 Å². The summed E-state index contributed by atoms with van der Waals surface area (Å²) in [4.78, 5) is 13.7. The first-order valence-electron chi connectivity index (χ1n) is 15.3. The zero-order valence-electron chi connectivity index (χ0n) is 27.8. The smallest absolute Gasteiger partial charge is 0.194 e. The van der Waals surface area contributed by atoms with Crippen LogP contribution in [0.25, 0.3) is 11.3 Å². The number of carbonyl (C=O) groups excluding carboxylic acids is 1. The Kier molecular flexibility index (Phi) is 6.45. The summed E-state index contributed by atoms with van der Waals surface area (Å²) in [6.45, 7) is -5.01. The fraction of sp³-hybridized carbons (Fsp3) is 0.423. The molecule has 0 amide bonds. The molecule has 0 saturated carbocycles. The number of ether oxygens (including phenoxy) is 3. The highest BCUT2D eigenvalue weighted by Gasteiger charge is 2.51. The van der Waals surface area contributed by atoms with E-state index < -0.39 is 93.3 Å². The van der Waals surface area contributed by atoms with E-state index in [1.807, 2.05) is 0 Å². The molecule has 0 aliphatic carbocycles. The van der Waals surface area contributed by atoms with E-state index in [1.54, 1.807) is 0 Å². The zero-order valence-corrected chi connectivity index (χ0v) is 20.6. The molecule has 2 heterocycles. The van der Waals surface area contributed by atoms with E-state index in [2.05, 4.69) is 10.3 Å². The highest BCUT2D eigenvalue weighted by Crippen LogP contribution is 2.35. The summed E-state index contributed by atoms with van der Waals surface area (Å²) in [6, 6.07) is 5.31. The third-order valence-electron chi connectivity index (χ3n) is 6.16. The number of hydrogen-bond donors (Lipinski definition) is 2. The second kappa shape index (κ2) is 12.5. The Morgan fingerprint density at radius 1 is 1.28 bits per heavy atom. The molecule has 1 aromatic heterocycles. The predicted octanol–water partition coefficient (Wildman–Crippen LogP) is 3.26. The van der Waals surface area contributed by atoms with Gasteiger partial charge in [0.1, 0.15) is 42.3 Å². The van der Waals surface area contributed by atoms with Gasteiger partial charge in [-0.05, 0) is 29.8 Å². The summed E-state index contributed by atoms with van der Waals surface area (Å²) in [5.74, 6) is -6.59. The molecule has 1 saturated heterocycles. The van der Waals surface area contributed by atoms with Gasteiger partial charge in [-0.1, -0.05) is 35.8 Å². The molecule has 2 aromatic carbocycles. The van der Waals surface area contributed by atoms with Crippen molar-refractivity contribution in [2.24, 2.45) is 0 Å². The first-order chi connectivity index (χ1) is 21.7. The van der Waals surface area contributed by atoms with Gasteiger partial charge in [0.15, 0.2) is 23.2 Å². The Balaban J connectivity index is 1.84. The molecule has 0 bridgehead atoms. The van der Waals surface area contributed by atoms with Gasteiger partial charge in [-0.3, -0.25) is 4.79 Å². The Hall–Kier alpha value is -2.87. The van der Waals surface area contributed by atoms with Crippen LogP contribution in [0.2, 0.25) is 5.02 Å². The van der Waals surface area contributed by atoms with E-state index in [0.717, 1.165) is 10.9 Å². The molecule has 4 rings (SSSR count). The van der Waals surface area contributed by atoms with E-state index in [-0.39, 0.29) is 11.3 Å². The summed E-state index contributed by atoms with van der Waals surface area (Å²) < 4.78 is 121. The molecule has 210 valence electrons. The minimum Gasteiger partial charge on any atom is -0.394 e. The van der Waals surface area contributed by atoms with Gasteiger partial charge in [0, 0.05) is 30.9 Å². The number of methoxy groups -OCH3 is 1. The van der Waals surface area contributed by atoms with E-state index in [9.17, 15) is 28.2 Å². The summed E-state index contributed by atoms with van der Waals surface area (Å²) in [5, 5.41) is 29.2. The minimum absolute atomic E-state index is 0.295. The molecule has 1 fully saturated rings. The van der Waals surface area contributed by atoms with Gasteiger partial charge in [0.05, 0.1) is 23.5 Å². The van der Waals surface area contributed by atoms with Crippen LogP contribution >= 0.6 is 11.6 Å². The summed E-state index contributed by atoms with van der Waals surface area (Å²) in [5.41, 5.74) is -0.250. The third-order valence-corrected chi connectivity index (χ3v) is 6.41. The number of aromatic nitrogens is 3. The maximum Gasteiger partial charge on any atom is 0.194 e. The molecule has 13 heteroatoms. The monoisotopic (exact) mass is 577 g/mol. The molecule has 6 atom stereocenters. The summed E-state index contributed by atoms with van der Waals surface area (Å²) >= 11 is 5.91. The third kappa shape index (κ3) is 6.16. The second-order valence-electron chi connectivity index (χ2n) is 8.57. The molecule has 2 unspecified atom stereocenters. The van der Waals surface area contributed by atoms with Crippen molar-refractivity contribution in [1.29, 1.82) is 0 Å². The van der Waals surface area contributed by atoms with Crippen molar-refractivity contribution >= 4 is 17.4 Å². The number of hydrogen-bond acceptors (Lipinski definition) is 8. The van der Waals surface area contributed by atoms with Crippen molar-refractivity contribution in [3.63, 3.8) is 0 Å². The van der Waals surface area contributed by atoms with Crippen LogP contribution in [0.3, 0.4) is 0 Å². The second-order valence-corrected chi connectivity index (χ2v) is 9.01. The molecule has 3 aromatic rings. The lowest BCUT2D eigenvalue weighted by molar-refractivity contribution is -0.240. The number of rotatable bonds is 10. The first-order valence-corrected chi connectivity index (χ1v) is 11.7. The number of benzene rings is 2. The van der Waals surface area contributed by atoms with Crippen LogP contribution in [0.15, 0.2) is 42.6 Å². The highest BCUT2D eigenvalue weighted by atomic mass is 35.5. The number of Topliss-reactive ketones (excluding diaryl/α,β-unsaturated/α-hetero) is 1. The van der Waals surface area contributed by atoms with Crippen molar-refractivity contribution in [2.75, 3.05) is 13.6 Å². The molecular formula is C26H27ClF3N3O6. The van der Waals surface area contributed by atoms with Crippen LogP contribution in [0.1, 0.15) is 35.8 Å². The Morgan fingerprint density at radius 3 is 2.64 bits per heavy atom. The number of aliphatic hydroxyl groups excluding tert-OH is 2. The van der Waals surface area contributed by atoms with E-state index in [1.165, 1.54) is 24.3 Å². The molecule has 1 aliphatic rings. The lowest BCUT2D eigenvalue weighted by Crippen LogP contribution is -2.61. The lowest BCUT2D eigenvalue weighted by atomic mass is 9.88. The fourth-order valence-electron chi connectivity index (χ4n) is 4.22. The van der Waals surface area contributed by atoms with Crippen LogP contribution in [-0.4, -0.2) is 75.2 Å². The van der Waals surface area contributed by atoms with Crippen LogP contribution in [0.4, 0.5) is 13.2 Å². The standard InChI is InChI=1S/C26H27ClF3N3O6/c1-3-19(35)24(38-12-13-4-6-15(27)7-5-13)26-25(37-2)22(23(36)20(11-34)39-26)33-10-18(31-32-33)14-8-16(28)21(30)17(29)9-14/h4-10,20,22-26,34,36H,3,11-12H2,1-2H3/t20?,22-,23-,24+,25?,26-/m0/s1/i1D3,2D3,3D2. The van der Waals surface area contributed by atoms with Gasteiger partial charge in [-0.2, -0.15) is 0 Å². The van der Waals surface area contributed by atoms with Crippen molar-refractivity contribution < 1.29 is 53.4 Å². The molecule has 1 aliphatic heterocycles. The highest BCUT2D eigenvalue weighted by molar-refractivity contribution is 6.30. The van der Waals surface area contributed by atoms with Gasteiger partial charge < -0.3 is 24.4 Å². The summed E-state index contributed by atoms with van der Waals surface area (Å²) in [6.07, 6.45) is -12.5. The number of carbonyl (C=O) groups is 1. The minimum atomic E-state index is -3.59. The number of aliphatic hydroxyl groups is 2. The van der Waals surface area contributed by atoms with Crippen LogP contribution in [0.5, 0.6) is 0 Å². The van der Waals surface area contributed by atoms with Crippen molar-refractivity contribution in [1.82, 2.24) is 15.0 Å². The van der Waals surface area contributed by atoms with Crippen molar-refractivity contribution in [2.45, 2.75) is 56.4 Å². The zero-order chi connectivity index (χ0) is 35.1. The normalized spacial score (nSPS) is 28.1. The lowest BCUT2D eigenvalue weighted by Gasteiger charge is -2.45. The van der Waals surface area contributed by atoms with Gasteiger partial charge >= 0.3 is 0 Å². The number of ketones is 1. The maximum atomic E-state index is 13.9. The molecule has 0 radical (unpaired) electrons. The first kappa shape index (κ1) is 20.1. The molecule has 39 heavy (non-hydrogen) atoms. The molecule has 2 N–H and O–H groups in total. The molecule has 0 spiro atoms. The summed E-state index contributed by atoms with van der Waals surface area (Å²) in [7, 11) is -3.31. The molecule has 9 nitrogen and oxygen atoms in total. The van der Waals surface area contributed by atoms with Gasteiger partial charge in [0.2, 0.25) is 0 Å². The fourth-order valence-corrected chi connectivity index (χ4v) is 4.35. The number of halogens is 4. The van der Waals surface area contributed by atoms with Crippen LogP contribution in [-0.2, 0) is 25.6 Å². The largest absolute Gasteiger partial charge is 0.394 e. The average molecular weight is 578 g/mol. The Morgan fingerprint density at radius 2 is 2.00 bits per heavy atom. The van der Waals surface area contributed by atoms with Crippen molar-refractivity contribution in [3.05, 3.63) is 70.6 Å². The number of nitrogens with zero attached hydrogens (tertiary/aromatic N) is 3. The van der Waals surface area contributed by atoms with E-state index in [0.29, 0.717) is 22.7 Å². The van der Waals surface area contributed by atoms with Crippen LogP contribution in [0, 0.1) is 17.5 Å². The van der Waals surface area contributed by atoms with E-state index >= 15 is 0 Å². The maximum absolute atomic E-state index is 13.9. The predicted molar refractivity (Wildman–Crippen MR) is 132 cm³/mol. The van der Waals surface area contributed by atoms with Gasteiger partial charge in [-0.15, -0.1) is 5.10 Å². The Bertz CT molecular complexity index is 1560. The quantitative estimate of drug-likeness (QED) is 0.353. The average Bonchev–Trinajstić information content (AvgIpc) is 3.46.